The van der Waals surface area contributed by atoms with Gasteiger partial charge in [0.15, 0.2) is 0 Å². The molecule has 2 rings (SSSR count). The molecule has 1 atom stereocenters. The highest BCUT2D eigenvalue weighted by molar-refractivity contribution is 9.10. The van der Waals surface area contributed by atoms with E-state index >= 15 is 0 Å². The van der Waals surface area contributed by atoms with Crippen LogP contribution in [0.15, 0.2) is 27.6 Å². The molecule has 1 aliphatic heterocycles. The van der Waals surface area contributed by atoms with E-state index in [1.165, 1.54) is 4.31 Å². The smallest absolute Gasteiger partial charge is 0.244 e. The second-order valence-corrected chi connectivity index (χ2v) is 7.11. The fourth-order valence-corrected chi connectivity index (χ4v) is 4.59. The number of benzene rings is 1. The number of hydrogen-bond acceptors (Lipinski definition) is 3. The minimum absolute atomic E-state index is 0.0472. The third-order valence-electron chi connectivity index (χ3n) is 2.89. The van der Waals surface area contributed by atoms with E-state index in [4.69, 9.17) is 5.73 Å². The first-order valence-electron chi connectivity index (χ1n) is 5.43. The van der Waals surface area contributed by atoms with Gasteiger partial charge in [-0.2, -0.15) is 4.31 Å². The Kier molecular flexibility index (Phi) is 3.58. The van der Waals surface area contributed by atoms with Crippen molar-refractivity contribution < 1.29 is 8.42 Å². The molecular weight excluding hydrogens is 304 g/mol. The molecule has 0 bridgehead atoms. The molecule has 1 aromatic carbocycles. The lowest BCUT2D eigenvalue weighted by Crippen LogP contribution is -2.32. The standard InChI is InChI=1S/C11H15BrN2O2S/c1-8-2-3-11(10(12)6-8)17(15,16)14-5-4-9(13)7-14/h2-3,6,9H,4-5,7,13H2,1H3. The minimum Gasteiger partial charge on any atom is -0.326 e. The van der Waals surface area contributed by atoms with Crippen molar-refractivity contribution in [3.8, 4) is 0 Å². The van der Waals surface area contributed by atoms with E-state index in [1.807, 2.05) is 13.0 Å². The summed E-state index contributed by atoms with van der Waals surface area (Å²) in [5.41, 5.74) is 6.77. The Labute approximate surface area is 110 Å². The highest BCUT2D eigenvalue weighted by Gasteiger charge is 2.31. The van der Waals surface area contributed by atoms with Crippen LogP contribution in [-0.4, -0.2) is 31.9 Å². The highest BCUT2D eigenvalue weighted by atomic mass is 79.9. The molecule has 17 heavy (non-hydrogen) atoms. The average molecular weight is 319 g/mol. The van der Waals surface area contributed by atoms with Gasteiger partial charge in [-0.1, -0.05) is 6.07 Å². The van der Waals surface area contributed by atoms with Crippen LogP contribution in [0.2, 0.25) is 0 Å². The summed E-state index contributed by atoms with van der Waals surface area (Å²) in [7, 11) is -3.41. The van der Waals surface area contributed by atoms with Crippen LogP contribution in [0.4, 0.5) is 0 Å². The molecule has 94 valence electrons. The number of halogens is 1. The van der Waals surface area contributed by atoms with Gasteiger partial charge < -0.3 is 5.73 Å². The lowest BCUT2D eigenvalue weighted by Gasteiger charge is -2.17. The van der Waals surface area contributed by atoms with Crippen LogP contribution >= 0.6 is 15.9 Å². The first kappa shape index (κ1) is 13.0. The van der Waals surface area contributed by atoms with Crippen molar-refractivity contribution in [1.29, 1.82) is 0 Å². The summed E-state index contributed by atoms with van der Waals surface area (Å²) >= 11 is 3.31. The second kappa shape index (κ2) is 4.68. The van der Waals surface area contributed by atoms with Crippen molar-refractivity contribution in [1.82, 2.24) is 4.31 Å². The maximum absolute atomic E-state index is 12.4. The molecule has 4 nitrogen and oxygen atoms in total. The van der Waals surface area contributed by atoms with Crippen LogP contribution in [0, 0.1) is 6.92 Å². The zero-order chi connectivity index (χ0) is 12.6. The van der Waals surface area contributed by atoms with Crippen LogP contribution in [0.1, 0.15) is 12.0 Å². The number of hydrogen-bond donors (Lipinski definition) is 1. The topological polar surface area (TPSA) is 63.4 Å². The van der Waals surface area contributed by atoms with E-state index in [9.17, 15) is 8.42 Å². The van der Waals surface area contributed by atoms with Gasteiger partial charge in [0.25, 0.3) is 0 Å². The normalized spacial score (nSPS) is 21.9. The summed E-state index contributed by atoms with van der Waals surface area (Å²) in [6.07, 6.45) is 0.725. The highest BCUT2D eigenvalue weighted by Crippen LogP contribution is 2.27. The molecule has 1 saturated heterocycles. The lowest BCUT2D eigenvalue weighted by molar-refractivity contribution is 0.472. The number of aryl methyl sites for hydroxylation is 1. The van der Waals surface area contributed by atoms with E-state index in [0.717, 1.165) is 12.0 Å². The molecule has 0 radical (unpaired) electrons. The van der Waals surface area contributed by atoms with Crippen molar-refractivity contribution in [2.45, 2.75) is 24.3 Å². The number of rotatable bonds is 2. The van der Waals surface area contributed by atoms with Gasteiger partial charge in [0, 0.05) is 23.6 Å². The Morgan fingerprint density at radius 2 is 2.18 bits per heavy atom. The monoisotopic (exact) mass is 318 g/mol. The Hall–Kier alpha value is -0.430. The molecule has 1 fully saturated rings. The fraction of sp³-hybridized carbons (Fsp3) is 0.455. The van der Waals surface area contributed by atoms with Crippen LogP contribution in [0.5, 0.6) is 0 Å². The zero-order valence-electron chi connectivity index (χ0n) is 9.56. The SMILES string of the molecule is Cc1ccc(S(=O)(=O)N2CCC(N)C2)c(Br)c1. The minimum atomic E-state index is -3.41. The molecule has 0 spiro atoms. The Bertz CT molecular complexity index is 530. The number of nitrogens with zero attached hydrogens (tertiary/aromatic N) is 1. The van der Waals surface area contributed by atoms with Crippen molar-refractivity contribution in [3.05, 3.63) is 28.2 Å². The molecule has 1 aromatic rings. The van der Waals surface area contributed by atoms with Crippen LogP contribution in [0.25, 0.3) is 0 Å². The van der Waals surface area contributed by atoms with Gasteiger partial charge in [-0.3, -0.25) is 0 Å². The van der Waals surface area contributed by atoms with Gasteiger partial charge in [-0.25, -0.2) is 8.42 Å². The lowest BCUT2D eigenvalue weighted by atomic mass is 10.2. The summed E-state index contributed by atoms with van der Waals surface area (Å²) in [5, 5.41) is 0. The molecule has 0 aromatic heterocycles. The molecule has 1 aliphatic rings. The largest absolute Gasteiger partial charge is 0.326 e. The summed E-state index contributed by atoms with van der Waals surface area (Å²) in [6.45, 7) is 2.83. The predicted octanol–water partition coefficient (Wildman–Crippen LogP) is 1.48. The molecular formula is C11H15BrN2O2S. The van der Waals surface area contributed by atoms with E-state index in [-0.39, 0.29) is 6.04 Å². The number of nitrogens with two attached hydrogens (primary N) is 1. The van der Waals surface area contributed by atoms with Crippen LogP contribution in [-0.2, 0) is 10.0 Å². The van der Waals surface area contributed by atoms with E-state index in [0.29, 0.717) is 22.5 Å². The molecule has 0 amide bonds. The second-order valence-electron chi connectivity index (χ2n) is 4.35. The summed E-state index contributed by atoms with van der Waals surface area (Å²) < 4.78 is 26.8. The fourth-order valence-electron chi connectivity index (χ4n) is 1.93. The van der Waals surface area contributed by atoms with Gasteiger partial charge in [-0.05, 0) is 47.0 Å². The van der Waals surface area contributed by atoms with Crippen molar-refractivity contribution in [3.63, 3.8) is 0 Å². The Balaban J connectivity index is 2.38. The number of sulfonamides is 1. The predicted molar refractivity (Wildman–Crippen MR) is 70.2 cm³/mol. The third-order valence-corrected chi connectivity index (χ3v) is 5.73. The van der Waals surface area contributed by atoms with E-state index < -0.39 is 10.0 Å². The third kappa shape index (κ3) is 2.54. The van der Waals surface area contributed by atoms with Crippen molar-refractivity contribution in [2.75, 3.05) is 13.1 Å². The van der Waals surface area contributed by atoms with Gasteiger partial charge in [0.05, 0.1) is 4.90 Å². The molecule has 6 heteroatoms. The first-order valence-corrected chi connectivity index (χ1v) is 7.66. The van der Waals surface area contributed by atoms with Gasteiger partial charge in [-0.15, -0.1) is 0 Å². The summed E-state index contributed by atoms with van der Waals surface area (Å²) in [6, 6.07) is 5.20. The zero-order valence-corrected chi connectivity index (χ0v) is 12.0. The van der Waals surface area contributed by atoms with Gasteiger partial charge in [0.2, 0.25) is 10.0 Å². The maximum atomic E-state index is 12.4. The molecule has 2 N–H and O–H groups in total. The summed E-state index contributed by atoms with van der Waals surface area (Å²) in [5.74, 6) is 0. The molecule has 1 unspecified atom stereocenters. The Morgan fingerprint density at radius 3 is 2.71 bits per heavy atom. The maximum Gasteiger partial charge on any atom is 0.244 e. The first-order chi connectivity index (χ1) is 7.91. The van der Waals surface area contributed by atoms with Crippen LogP contribution in [0.3, 0.4) is 0 Å². The van der Waals surface area contributed by atoms with Crippen molar-refractivity contribution in [2.24, 2.45) is 5.73 Å². The van der Waals surface area contributed by atoms with E-state index in [2.05, 4.69) is 15.9 Å². The molecule has 0 saturated carbocycles. The molecule has 0 aliphatic carbocycles. The van der Waals surface area contributed by atoms with E-state index in [1.54, 1.807) is 12.1 Å². The van der Waals surface area contributed by atoms with Gasteiger partial charge >= 0.3 is 0 Å². The Morgan fingerprint density at radius 1 is 1.47 bits per heavy atom. The van der Waals surface area contributed by atoms with Crippen LogP contribution < -0.4 is 5.73 Å². The summed E-state index contributed by atoms with van der Waals surface area (Å²) in [4.78, 5) is 0.317. The van der Waals surface area contributed by atoms with Crippen molar-refractivity contribution >= 4 is 26.0 Å². The molecule has 1 heterocycles. The van der Waals surface area contributed by atoms with Gasteiger partial charge in [0.1, 0.15) is 0 Å². The average Bonchev–Trinajstić information content (AvgIpc) is 2.64. The quantitative estimate of drug-likeness (QED) is 0.898.